The van der Waals surface area contributed by atoms with Crippen molar-refractivity contribution in [2.24, 2.45) is 11.8 Å². The molecule has 0 radical (unpaired) electrons. The molecule has 0 unspecified atom stereocenters. The Bertz CT molecular complexity index is 218. The van der Waals surface area contributed by atoms with Gasteiger partial charge in [-0.15, -0.1) is 11.8 Å². The number of thioether (sulfide) groups is 1. The predicted octanol–water partition coefficient (Wildman–Crippen LogP) is 2.20. The quantitative estimate of drug-likeness (QED) is 0.582. The third-order valence-corrected chi connectivity index (χ3v) is 8.72. The van der Waals surface area contributed by atoms with Crippen LogP contribution in [0.25, 0.3) is 0 Å². The molecule has 2 bridgehead atoms. The Labute approximate surface area is 74.8 Å². The summed E-state index contributed by atoms with van der Waals surface area (Å²) < 4.78 is 11.9. The van der Waals surface area contributed by atoms with Gasteiger partial charge in [-0.2, -0.15) is 0 Å². The molecule has 4 atom stereocenters. The van der Waals surface area contributed by atoms with Crippen molar-refractivity contribution in [3.8, 4) is 0 Å². The van der Waals surface area contributed by atoms with E-state index in [2.05, 4.69) is 27.7 Å². The second-order valence-corrected chi connectivity index (χ2v) is 8.63. The first-order chi connectivity index (χ1) is 4.93. The zero-order chi connectivity index (χ0) is 8.44. The summed E-state index contributed by atoms with van der Waals surface area (Å²) in [4.78, 5) is 0. The molecule has 0 aromatic heterocycles. The topological polar surface area (TPSA) is 17.1 Å². The SMILES string of the molecule is C[C@@H]1[C@@H](C)[C@@]2(C)S[C@@]1(C)S2=O. The maximum absolute atomic E-state index is 11.8. The molecule has 3 fully saturated rings. The summed E-state index contributed by atoms with van der Waals surface area (Å²) in [5.41, 5.74) is 0. The molecule has 3 heteroatoms. The van der Waals surface area contributed by atoms with E-state index in [1.807, 2.05) is 11.8 Å². The van der Waals surface area contributed by atoms with Gasteiger partial charge in [-0.25, -0.2) is 0 Å². The second kappa shape index (κ2) is 1.87. The van der Waals surface area contributed by atoms with Crippen LogP contribution >= 0.6 is 11.8 Å². The Morgan fingerprint density at radius 2 is 1.55 bits per heavy atom. The van der Waals surface area contributed by atoms with Crippen LogP contribution in [-0.4, -0.2) is 12.4 Å². The fraction of sp³-hybridized carbons (Fsp3) is 1.00. The molecule has 0 N–H and O–H groups in total. The van der Waals surface area contributed by atoms with Crippen LogP contribution < -0.4 is 0 Å². The molecule has 64 valence electrons. The molecule has 0 aromatic carbocycles. The maximum Gasteiger partial charge on any atom is 0.0938 e. The number of hydrogen-bond acceptors (Lipinski definition) is 2. The Morgan fingerprint density at radius 1 is 1.18 bits per heavy atom. The highest BCUT2D eigenvalue weighted by Gasteiger charge is 2.71. The minimum Gasteiger partial charge on any atom is -0.257 e. The van der Waals surface area contributed by atoms with Crippen molar-refractivity contribution in [2.45, 2.75) is 35.9 Å². The molecular weight excluding hydrogens is 176 g/mol. The summed E-state index contributed by atoms with van der Waals surface area (Å²) >= 11 is 1.92. The molecule has 0 spiro atoms. The van der Waals surface area contributed by atoms with Crippen molar-refractivity contribution in [1.82, 2.24) is 0 Å². The Morgan fingerprint density at radius 3 is 1.64 bits per heavy atom. The first-order valence-corrected chi connectivity index (χ1v) is 6.01. The van der Waals surface area contributed by atoms with Gasteiger partial charge in [-0.05, 0) is 25.7 Å². The van der Waals surface area contributed by atoms with Crippen LogP contribution in [0.2, 0.25) is 0 Å². The van der Waals surface area contributed by atoms with E-state index in [4.69, 9.17) is 0 Å². The average Bonchev–Trinajstić information content (AvgIpc) is 2.20. The molecule has 3 heterocycles. The van der Waals surface area contributed by atoms with Gasteiger partial charge in [0.05, 0.1) is 19.0 Å². The van der Waals surface area contributed by atoms with Gasteiger partial charge < -0.3 is 0 Å². The molecule has 1 nitrogen and oxygen atoms in total. The van der Waals surface area contributed by atoms with E-state index in [0.717, 1.165) is 0 Å². The summed E-state index contributed by atoms with van der Waals surface area (Å²) in [6, 6.07) is 0. The van der Waals surface area contributed by atoms with Crippen molar-refractivity contribution < 1.29 is 4.21 Å². The summed E-state index contributed by atoms with van der Waals surface area (Å²) in [7, 11) is -0.599. The van der Waals surface area contributed by atoms with Gasteiger partial charge in [-0.1, -0.05) is 13.8 Å². The minimum absolute atomic E-state index is 0.0775. The summed E-state index contributed by atoms with van der Waals surface area (Å²) in [5.74, 6) is 1.22. The highest BCUT2D eigenvalue weighted by molar-refractivity contribution is 8.29. The molecule has 11 heavy (non-hydrogen) atoms. The van der Waals surface area contributed by atoms with E-state index < -0.39 is 10.8 Å². The second-order valence-electron chi connectivity index (χ2n) is 3.98. The summed E-state index contributed by atoms with van der Waals surface area (Å²) in [6.45, 7) is 8.75. The molecule has 3 aliphatic heterocycles. The van der Waals surface area contributed by atoms with Crippen LogP contribution in [0, 0.1) is 11.8 Å². The Kier molecular flexibility index (Phi) is 1.38. The van der Waals surface area contributed by atoms with Crippen molar-refractivity contribution in [3.05, 3.63) is 0 Å². The smallest absolute Gasteiger partial charge is 0.0938 e. The normalized spacial score (nSPS) is 67.8. The predicted molar refractivity (Wildman–Crippen MR) is 50.9 cm³/mol. The zero-order valence-electron chi connectivity index (χ0n) is 7.38. The molecule has 0 aromatic rings. The third kappa shape index (κ3) is 0.637. The summed E-state index contributed by atoms with van der Waals surface area (Å²) in [5, 5.41) is 0. The lowest BCUT2D eigenvalue weighted by molar-refractivity contribution is 0.413. The summed E-state index contributed by atoms with van der Waals surface area (Å²) in [6.07, 6.45) is 0. The van der Waals surface area contributed by atoms with E-state index in [-0.39, 0.29) is 8.16 Å². The van der Waals surface area contributed by atoms with E-state index in [1.165, 1.54) is 0 Å². The number of hydrogen-bond donors (Lipinski definition) is 0. The monoisotopic (exact) mass is 190 g/mol. The standard InChI is InChI=1S/C8H14OS2/c1-5-6(2)8(4)10-7(5,3)11(8)9/h5-6H,1-4H3/t5-,6-,7+,8+/m1/s1. The average molecular weight is 190 g/mol. The van der Waals surface area contributed by atoms with Gasteiger partial charge in [0.2, 0.25) is 0 Å². The van der Waals surface area contributed by atoms with Crippen LogP contribution in [0.4, 0.5) is 0 Å². The fourth-order valence-corrected chi connectivity index (χ4v) is 7.87. The molecule has 0 saturated carbocycles. The van der Waals surface area contributed by atoms with Crippen molar-refractivity contribution in [3.63, 3.8) is 0 Å². The lowest BCUT2D eigenvalue weighted by Gasteiger charge is -2.42. The molecule has 3 aliphatic rings. The third-order valence-electron chi connectivity index (χ3n) is 3.55. The van der Waals surface area contributed by atoms with Crippen LogP contribution in [0.15, 0.2) is 0 Å². The first-order valence-electron chi connectivity index (χ1n) is 4.05. The molecule has 0 aliphatic carbocycles. The highest BCUT2D eigenvalue weighted by Crippen LogP contribution is 2.71. The van der Waals surface area contributed by atoms with E-state index >= 15 is 0 Å². The van der Waals surface area contributed by atoms with Gasteiger partial charge >= 0.3 is 0 Å². The first kappa shape index (κ1) is 8.11. The molecular formula is C8H14OS2. The lowest BCUT2D eigenvalue weighted by Crippen LogP contribution is -2.46. The van der Waals surface area contributed by atoms with Crippen LogP contribution in [0.5, 0.6) is 0 Å². The van der Waals surface area contributed by atoms with Gasteiger partial charge in [0.15, 0.2) is 0 Å². The van der Waals surface area contributed by atoms with Gasteiger partial charge in [0.25, 0.3) is 0 Å². The fourth-order valence-electron chi connectivity index (χ4n) is 2.28. The van der Waals surface area contributed by atoms with Crippen molar-refractivity contribution in [1.29, 1.82) is 0 Å². The molecule has 0 amide bonds. The van der Waals surface area contributed by atoms with Crippen LogP contribution in [-0.2, 0) is 10.8 Å². The molecule has 3 saturated heterocycles. The molecule has 3 rings (SSSR count). The lowest BCUT2D eigenvalue weighted by atomic mass is 9.92. The van der Waals surface area contributed by atoms with Gasteiger partial charge in [0, 0.05) is 0 Å². The van der Waals surface area contributed by atoms with Gasteiger partial charge in [-0.3, -0.25) is 4.21 Å². The number of rotatable bonds is 0. The Hall–Kier alpha value is 0.500. The largest absolute Gasteiger partial charge is 0.257 e. The van der Waals surface area contributed by atoms with E-state index in [1.54, 1.807) is 0 Å². The van der Waals surface area contributed by atoms with E-state index in [9.17, 15) is 4.21 Å². The maximum atomic E-state index is 11.8. The van der Waals surface area contributed by atoms with E-state index in [0.29, 0.717) is 11.8 Å². The minimum atomic E-state index is -0.599. The van der Waals surface area contributed by atoms with Crippen LogP contribution in [0.1, 0.15) is 27.7 Å². The highest BCUT2D eigenvalue weighted by atomic mass is 32.3. The van der Waals surface area contributed by atoms with Crippen molar-refractivity contribution in [2.75, 3.05) is 0 Å². The number of fused-ring (bicyclic) bond motifs is 1. The van der Waals surface area contributed by atoms with Crippen LogP contribution in [0.3, 0.4) is 0 Å². The zero-order valence-corrected chi connectivity index (χ0v) is 9.01. The Balaban J connectivity index is 2.45. The van der Waals surface area contributed by atoms with Crippen molar-refractivity contribution >= 4 is 22.6 Å². The van der Waals surface area contributed by atoms with Gasteiger partial charge in [0.1, 0.15) is 0 Å².